The SMILES string of the molecule is O=C(Nc1ccc2c(c1)OCO2)C1CC[NH+](Cc2cc(-c3cccs3)on2)CC1. The average molecular weight is 412 g/mol. The van der Waals surface area contributed by atoms with E-state index in [1.54, 1.807) is 11.3 Å². The van der Waals surface area contributed by atoms with E-state index in [4.69, 9.17) is 14.0 Å². The van der Waals surface area contributed by atoms with Crippen molar-refractivity contribution in [2.75, 3.05) is 25.2 Å². The fourth-order valence-corrected chi connectivity index (χ4v) is 4.54. The molecule has 29 heavy (non-hydrogen) atoms. The lowest BCUT2D eigenvalue weighted by molar-refractivity contribution is -0.919. The molecule has 8 heteroatoms. The summed E-state index contributed by atoms with van der Waals surface area (Å²) in [5, 5.41) is 9.26. The van der Waals surface area contributed by atoms with Crippen LogP contribution >= 0.6 is 11.3 Å². The maximum Gasteiger partial charge on any atom is 0.231 e. The number of thiophene rings is 1. The number of anilines is 1. The molecule has 1 saturated heterocycles. The zero-order chi connectivity index (χ0) is 19.6. The summed E-state index contributed by atoms with van der Waals surface area (Å²) in [6, 6.07) is 11.6. The number of rotatable bonds is 5. The maximum absolute atomic E-state index is 12.6. The molecule has 2 aromatic heterocycles. The zero-order valence-corrected chi connectivity index (χ0v) is 16.7. The molecule has 7 nitrogen and oxygen atoms in total. The Morgan fingerprint density at radius 2 is 2.03 bits per heavy atom. The lowest BCUT2D eigenvalue weighted by atomic mass is 9.95. The first-order chi connectivity index (χ1) is 14.2. The molecule has 2 aliphatic heterocycles. The van der Waals surface area contributed by atoms with Crippen molar-refractivity contribution < 1.29 is 23.7 Å². The highest BCUT2D eigenvalue weighted by atomic mass is 32.1. The van der Waals surface area contributed by atoms with Crippen LogP contribution < -0.4 is 19.7 Å². The predicted octanol–water partition coefficient (Wildman–Crippen LogP) is 2.57. The third-order valence-corrected chi connectivity index (χ3v) is 6.34. The van der Waals surface area contributed by atoms with Crippen LogP contribution in [0.5, 0.6) is 11.5 Å². The summed E-state index contributed by atoms with van der Waals surface area (Å²) >= 11 is 1.65. The second-order valence-corrected chi connectivity index (χ2v) is 8.37. The molecular formula is C21H22N3O4S+. The summed E-state index contributed by atoms with van der Waals surface area (Å²) in [6.07, 6.45) is 1.72. The second kappa shape index (κ2) is 7.88. The predicted molar refractivity (Wildman–Crippen MR) is 108 cm³/mol. The van der Waals surface area contributed by atoms with Crippen molar-refractivity contribution in [3.8, 4) is 22.1 Å². The minimum absolute atomic E-state index is 0.0307. The molecule has 0 aliphatic carbocycles. The van der Waals surface area contributed by atoms with Gasteiger partial charge in [0, 0.05) is 36.6 Å². The number of ether oxygens (including phenoxy) is 2. The van der Waals surface area contributed by atoms with Crippen molar-refractivity contribution in [1.29, 1.82) is 0 Å². The molecule has 5 rings (SSSR count). The Labute approximate surface area is 172 Å². The van der Waals surface area contributed by atoms with Gasteiger partial charge in [0.25, 0.3) is 0 Å². The summed E-state index contributed by atoms with van der Waals surface area (Å²) in [7, 11) is 0. The van der Waals surface area contributed by atoms with Crippen LogP contribution in [0.15, 0.2) is 46.3 Å². The summed E-state index contributed by atoms with van der Waals surface area (Å²) in [4.78, 5) is 15.2. The number of amides is 1. The van der Waals surface area contributed by atoms with E-state index >= 15 is 0 Å². The molecule has 0 bridgehead atoms. The second-order valence-electron chi connectivity index (χ2n) is 7.42. The highest BCUT2D eigenvalue weighted by Gasteiger charge is 2.28. The Hall–Kier alpha value is -2.84. The number of nitrogens with one attached hydrogen (secondary N) is 2. The molecule has 4 heterocycles. The average Bonchev–Trinajstić information content (AvgIpc) is 3.49. The van der Waals surface area contributed by atoms with Crippen LogP contribution in [0.1, 0.15) is 18.5 Å². The van der Waals surface area contributed by atoms with E-state index < -0.39 is 0 Å². The molecule has 0 spiro atoms. The van der Waals surface area contributed by atoms with Crippen molar-refractivity contribution in [2.24, 2.45) is 5.92 Å². The van der Waals surface area contributed by atoms with Gasteiger partial charge in [-0.05, 0) is 23.6 Å². The molecule has 2 N–H and O–H groups in total. The molecule has 0 atom stereocenters. The number of fused-ring (bicyclic) bond motifs is 1. The minimum atomic E-state index is 0.0307. The standard InChI is InChI=1S/C21H21N3O4S/c25-21(22-15-3-4-17-18(10-15)27-13-26-17)14-5-7-24(8-6-14)12-16-11-19(28-23-16)20-2-1-9-29-20/h1-4,9-11,14H,5-8,12-13H2,(H,22,25)/p+1. The van der Waals surface area contributed by atoms with Gasteiger partial charge in [-0.15, -0.1) is 11.3 Å². The van der Waals surface area contributed by atoms with Gasteiger partial charge in [0.05, 0.1) is 18.0 Å². The van der Waals surface area contributed by atoms with Gasteiger partial charge in [-0.3, -0.25) is 4.79 Å². The van der Waals surface area contributed by atoms with Crippen molar-refractivity contribution in [1.82, 2.24) is 5.16 Å². The maximum atomic E-state index is 12.6. The molecule has 0 saturated carbocycles. The molecule has 1 aromatic carbocycles. The number of quaternary nitrogens is 1. The molecule has 150 valence electrons. The number of carbonyl (C=O) groups is 1. The Morgan fingerprint density at radius 3 is 2.86 bits per heavy atom. The van der Waals surface area contributed by atoms with Crippen LogP contribution in [0.2, 0.25) is 0 Å². The molecule has 2 aliphatic rings. The number of nitrogens with zero attached hydrogens (tertiary/aromatic N) is 1. The highest BCUT2D eigenvalue weighted by Crippen LogP contribution is 2.34. The van der Waals surface area contributed by atoms with E-state index in [2.05, 4.69) is 10.5 Å². The first kappa shape index (κ1) is 18.2. The fraction of sp³-hybridized carbons (Fsp3) is 0.333. The van der Waals surface area contributed by atoms with Crippen molar-refractivity contribution in [2.45, 2.75) is 19.4 Å². The lowest BCUT2D eigenvalue weighted by Crippen LogP contribution is -3.11. The van der Waals surface area contributed by atoms with Gasteiger partial charge in [0.15, 0.2) is 17.3 Å². The Morgan fingerprint density at radius 1 is 1.17 bits per heavy atom. The lowest BCUT2D eigenvalue weighted by Gasteiger charge is -2.28. The van der Waals surface area contributed by atoms with E-state index in [-0.39, 0.29) is 18.6 Å². The van der Waals surface area contributed by atoms with Crippen LogP contribution in [0.4, 0.5) is 5.69 Å². The first-order valence-electron chi connectivity index (χ1n) is 9.78. The molecule has 1 fully saturated rings. The number of piperidine rings is 1. The normalized spacial score (nSPS) is 20.6. The van der Waals surface area contributed by atoms with Crippen LogP contribution in [-0.4, -0.2) is 30.9 Å². The Balaban J connectivity index is 1.13. The number of hydrogen-bond acceptors (Lipinski definition) is 6. The van der Waals surface area contributed by atoms with E-state index in [1.165, 1.54) is 4.90 Å². The van der Waals surface area contributed by atoms with Crippen molar-refractivity contribution in [3.63, 3.8) is 0 Å². The number of likely N-dealkylation sites (tertiary alicyclic amines) is 1. The summed E-state index contributed by atoms with van der Waals surface area (Å²) in [5.74, 6) is 2.33. The van der Waals surface area contributed by atoms with E-state index in [9.17, 15) is 4.79 Å². The van der Waals surface area contributed by atoms with Gasteiger partial charge in [-0.25, -0.2) is 0 Å². The van der Waals surface area contributed by atoms with Crippen LogP contribution in [0.3, 0.4) is 0 Å². The molecule has 1 amide bonds. The van der Waals surface area contributed by atoms with Crippen molar-refractivity contribution >= 4 is 22.9 Å². The minimum Gasteiger partial charge on any atom is -0.454 e. The third-order valence-electron chi connectivity index (χ3n) is 5.46. The van der Waals surface area contributed by atoms with Gasteiger partial charge in [0.1, 0.15) is 12.2 Å². The monoisotopic (exact) mass is 412 g/mol. The van der Waals surface area contributed by atoms with Gasteiger partial charge in [-0.2, -0.15) is 0 Å². The highest BCUT2D eigenvalue weighted by molar-refractivity contribution is 7.13. The van der Waals surface area contributed by atoms with Gasteiger partial charge in [0.2, 0.25) is 12.7 Å². The van der Waals surface area contributed by atoms with E-state index in [1.807, 2.05) is 41.8 Å². The first-order valence-corrected chi connectivity index (χ1v) is 10.7. The van der Waals surface area contributed by atoms with Gasteiger partial charge < -0.3 is 24.2 Å². The Bertz CT molecular complexity index is 993. The fourth-order valence-electron chi connectivity index (χ4n) is 3.87. The molecule has 3 aromatic rings. The summed E-state index contributed by atoms with van der Waals surface area (Å²) in [5.41, 5.74) is 1.71. The topological polar surface area (TPSA) is 78.0 Å². The van der Waals surface area contributed by atoms with Crippen LogP contribution in [0, 0.1) is 5.92 Å². The summed E-state index contributed by atoms with van der Waals surface area (Å²) in [6.45, 7) is 2.94. The van der Waals surface area contributed by atoms with Gasteiger partial charge in [-0.1, -0.05) is 11.2 Å². The number of hydrogen-bond donors (Lipinski definition) is 2. The van der Waals surface area contributed by atoms with E-state index in [0.29, 0.717) is 5.75 Å². The molecule has 0 unspecified atom stereocenters. The zero-order valence-electron chi connectivity index (χ0n) is 15.8. The smallest absolute Gasteiger partial charge is 0.231 e. The van der Waals surface area contributed by atoms with E-state index in [0.717, 1.165) is 60.2 Å². The molecular weight excluding hydrogens is 390 g/mol. The number of aromatic nitrogens is 1. The molecule has 0 radical (unpaired) electrons. The summed E-state index contributed by atoms with van der Waals surface area (Å²) < 4.78 is 16.2. The Kier molecular flexibility index (Phi) is 4.95. The van der Waals surface area contributed by atoms with Crippen LogP contribution in [0.25, 0.3) is 10.6 Å². The van der Waals surface area contributed by atoms with Gasteiger partial charge >= 0.3 is 0 Å². The third kappa shape index (κ3) is 3.99. The van der Waals surface area contributed by atoms with Crippen molar-refractivity contribution in [3.05, 3.63) is 47.5 Å². The largest absolute Gasteiger partial charge is 0.454 e. The number of benzene rings is 1. The number of carbonyl (C=O) groups excluding carboxylic acids is 1. The van der Waals surface area contributed by atoms with Crippen LogP contribution in [-0.2, 0) is 11.3 Å². The quantitative estimate of drug-likeness (QED) is 0.674.